The van der Waals surface area contributed by atoms with Crippen molar-refractivity contribution in [3.05, 3.63) is 71.3 Å². The molecule has 0 unspecified atom stereocenters. The molecule has 1 saturated carbocycles. The largest absolute Gasteiger partial charge is 0.372 e. The van der Waals surface area contributed by atoms with Gasteiger partial charge in [-0.05, 0) is 48.3 Å². The van der Waals surface area contributed by atoms with Gasteiger partial charge in [-0.25, -0.2) is 13.1 Å². The number of sulfonamides is 1. The monoisotopic (exact) mass is 444 g/mol. The van der Waals surface area contributed by atoms with Crippen LogP contribution in [0.25, 0.3) is 0 Å². The molecule has 168 valence electrons. The summed E-state index contributed by atoms with van der Waals surface area (Å²) in [5, 5.41) is 2.69. The van der Waals surface area contributed by atoms with E-state index in [9.17, 15) is 13.2 Å². The van der Waals surface area contributed by atoms with Crippen LogP contribution < -0.4 is 10.0 Å². The fourth-order valence-corrected chi connectivity index (χ4v) is 4.99. The summed E-state index contributed by atoms with van der Waals surface area (Å²) in [7, 11) is -3.62. The molecule has 0 bridgehead atoms. The van der Waals surface area contributed by atoms with Gasteiger partial charge in [0.2, 0.25) is 15.9 Å². The Labute approximate surface area is 185 Å². The molecule has 3 rings (SSSR count). The molecule has 7 heteroatoms. The third-order valence-corrected chi connectivity index (χ3v) is 6.91. The van der Waals surface area contributed by atoms with Crippen molar-refractivity contribution in [1.29, 1.82) is 0 Å². The highest BCUT2D eigenvalue weighted by atomic mass is 32.2. The quantitative estimate of drug-likeness (QED) is 0.587. The summed E-state index contributed by atoms with van der Waals surface area (Å²) in [6.45, 7) is 3.54. The van der Waals surface area contributed by atoms with Gasteiger partial charge in [-0.15, -0.1) is 0 Å². The molecule has 1 fully saturated rings. The predicted molar refractivity (Wildman–Crippen MR) is 122 cm³/mol. The molecule has 2 aromatic rings. The number of nitrogens with one attached hydrogen (secondary N) is 2. The summed E-state index contributed by atoms with van der Waals surface area (Å²) in [6.07, 6.45) is 3.71. The van der Waals surface area contributed by atoms with E-state index in [1.807, 2.05) is 54.6 Å². The van der Waals surface area contributed by atoms with Gasteiger partial charge in [0.1, 0.15) is 5.75 Å². The van der Waals surface area contributed by atoms with Crippen molar-refractivity contribution in [1.82, 2.24) is 10.0 Å². The Morgan fingerprint density at radius 1 is 0.903 bits per heavy atom. The van der Waals surface area contributed by atoms with Gasteiger partial charge < -0.3 is 10.1 Å². The Morgan fingerprint density at radius 3 is 2.13 bits per heavy atom. The number of benzene rings is 2. The average Bonchev–Trinajstić information content (AvgIpc) is 2.75. The summed E-state index contributed by atoms with van der Waals surface area (Å²) >= 11 is 0. The van der Waals surface area contributed by atoms with Crippen LogP contribution in [0.15, 0.2) is 54.6 Å². The van der Waals surface area contributed by atoms with E-state index < -0.39 is 21.7 Å². The second-order valence-corrected chi connectivity index (χ2v) is 10.2. The van der Waals surface area contributed by atoms with Crippen LogP contribution in [0, 0.1) is 5.92 Å². The van der Waals surface area contributed by atoms with Crippen molar-refractivity contribution >= 4 is 15.9 Å². The fourth-order valence-electron chi connectivity index (χ4n) is 3.71. The van der Waals surface area contributed by atoms with Crippen LogP contribution in [0.2, 0.25) is 0 Å². The zero-order chi connectivity index (χ0) is 22.1. The van der Waals surface area contributed by atoms with Crippen molar-refractivity contribution in [2.75, 3.05) is 5.75 Å². The summed E-state index contributed by atoms with van der Waals surface area (Å²) in [5.74, 6) is -0.386. The smallest absolute Gasteiger partial charge is 0.236 e. The van der Waals surface area contributed by atoms with E-state index in [4.69, 9.17) is 4.74 Å². The van der Waals surface area contributed by atoms with E-state index >= 15 is 0 Å². The minimum atomic E-state index is -3.62. The second kappa shape index (κ2) is 11.4. The third kappa shape index (κ3) is 8.44. The van der Waals surface area contributed by atoms with Crippen molar-refractivity contribution in [3.8, 4) is 0 Å². The maximum Gasteiger partial charge on any atom is 0.236 e. The molecule has 1 aliphatic carbocycles. The van der Waals surface area contributed by atoms with Gasteiger partial charge in [-0.1, -0.05) is 61.5 Å². The van der Waals surface area contributed by atoms with Gasteiger partial charge in [0.15, 0.2) is 0 Å². The molecule has 0 aromatic heterocycles. The van der Waals surface area contributed by atoms with Gasteiger partial charge in [0, 0.05) is 12.6 Å². The molecule has 1 aliphatic rings. The first kappa shape index (κ1) is 23.4. The molecule has 1 amide bonds. The number of amides is 1. The molecule has 0 aliphatic heterocycles. The average molecular weight is 445 g/mol. The Kier molecular flexibility index (Phi) is 8.63. The van der Waals surface area contributed by atoms with E-state index in [2.05, 4.69) is 17.0 Å². The van der Waals surface area contributed by atoms with E-state index in [0.717, 1.165) is 42.4 Å². The molecule has 2 N–H and O–H groups in total. The molecule has 31 heavy (non-hydrogen) atoms. The Balaban J connectivity index is 1.37. The highest BCUT2D eigenvalue weighted by Gasteiger charge is 2.24. The zero-order valence-electron chi connectivity index (χ0n) is 18.0. The topological polar surface area (TPSA) is 84.5 Å². The molecule has 2 aromatic carbocycles. The van der Waals surface area contributed by atoms with Gasteiger partial charge in [0.05, 0.1) is 13.2 Å². The Bertz CT molecular complexity index is 922. The van der Waals surface area contributed by atoms with Gasteiger partial charge in [-0.3, -0.25) is 4.79 Å². The summed E-state index contributed by atoms with van der Waals surface area (Å²) in [5.41, 5.74) is 3.08. The van der Waals surface area contributed by atoms with Crippen LogP contribution in [0.3, 0.4) is 0 Å². The summed E-state index contributed by atoms with van der Waals surface area (Å²) in [6, 6.07) is 17.7. The van der Waals surface area contributed by atoms with Crippen molar-refractivity contribution in [3.63, 3.8) is 0 Å². The van der Waals surface area contributed by atoms with Crippen LogP contribution >= 0.6 is 0 Å². The third-order valence-electron chi connectivity index (χ3n) is 5.58. The highest BCUT2D eigenvalue weighted by molar-refractivity contribution is 7.90. The maximum absolute atomic E-state index is 12.3. The number of rotatable bonds is 10. The number of ether oxygens (including phenoxy) is 1. The van der Waals surface area contributed by atoms with Gasteiger partial charge >= 0.3 is 0 Å². The van der Waals surface area contributed by atoms with Crippen LogP contribution in [-0.4, -0.2) is 26.1 Å². The first-order chi connectivity index (χ1) is 14.9. The number of hydrogen-bond acceptors (Lipinski definition) is 4. The maximum atomic E-state index is 12.3. The van der Waals surface area contributed by atoms with E-state index in [1.165, 1.54) is 0 Å². The van der Waals surface area contributed by atoms with E-state index in [-0.39, 0.29) is 6.04 Å². The van der Waals surface area contributed by atoms with Crippen LogP contribution in [-0.2, 0) is 39.3 Å². The van der Waals surface area contributed by atoms with Crippen LogP contribution in [0.4, 0.5) is 0 Å². The predicted octanol–water partition coefficient (Wildman–Crippen LogP) is 3.52. The lowest BCUT2D eigenvalue weighted by molar-refractivity contribution is -0.118. The Hall–Kier alpha value is -2.22. The molecule has 0 heterocycles. The molecule has 0 radical (unpaired) electrons. The van der Waals surface area contributed by atoms with Crippen LogP contribution in [0.1, 0.15) is 49.3 Å². The lowest BCUT2D eigenvalue weighted by atomic mass is 9.88. The van der Waals surface area contributed by atoms with Crippen molar-refractivity contribution in [2.24, 2.45) is 5.92 Å². The normalized spacial score (nSPS) is 19.1. The van der Waals surface area contributed by atoms with Gasteiger partial charge in [-0.2, -0.15) is 0 Å². The van der Waals surface area contributed by atoms with E-state index in [0.29, 0.717) is 25.7 Å². The molecule has 0 spiro atoms. The number of carbonyl (C=O) groups excluding carboxylic acids is 1. The molecule has 6 nitrogen and oxygen atoms in total. The second-order valence-electron chi connectivity index (χ2n) is 8.41. The van der Waals surface area contributed by atoms with Crippen LogP contribution in [0.5, 0.6) is 0 Å². The lowest BCUT2D eigenvalue weighted by Crippen LogP contribution is -2.42. The molecule has 0 saturated heterocycles. The Morgan fingerprint density at radius 2 is 1.48 bits per heavy atom. The molecular weight excluding hydrogens is 412 g/mol. The SMILES string of the molecule is CC1CCC(NS(=O)(=O)CC(=O)NCc2ccc(COCc3ccccc3)cc2)CC1. The molecule has 0 atom stereocenters. The zero-order valence-corrected chi connectivity index (χ0v) is 18.9. The van der Waals surface area contributed by atoms with Crippen molar-refractivity contribution < 1.29 is 17.9 Å². The minimum Gasteiger partial charge on any atom is -0.372 e. The summed E-state index contributed by atoms with van der Waals surface area (Å²) in [4.78, 5) is 12.1. The van der Waals surface area contributed by atoms with E-state index in [1.54, 1.807) is 0 Å². The van der Waals surface area contributed by atoms with Gasteiger partial charge in [0.25, 0.3) is 0 Å². The summed E-state index contributed by atoms with van der Waals surface area (Å²) < 4.78 is 32.9. The molecular formula is C24H32N2O4S. The lowest BCUT2D eigenvalue weighted by Gasteiger charge is -2.26. The first-order valence-corrected chi connectivity index (χ1v) is 12.5. The minimum absolute atomic E-state index is 0.0503. The van der Waals surface area contributed by atoms with Crippen molar-refractivity contribution in [2.45, 2.75) is 58.4 Å². The number of carbonyl (C=O) groups is 1. The fraction of sp³-hybridized carbons (Fsp3) is 0.458. The standard InChI is InChI=1S/C24H32N2O4S/c1-19-7-13-23(14-8-19)26-31(28,29)18-24(27)25-15-20-9-11-22(12-10-20)17-30-16-21-5-3-2-4-6-21/h2-6,9-12,19,23,26H,7-8,13-18H2,1H3,(H,25,27). The number of hydrogen-bond donors (Lipinski definition) is 2. The first-order valence-electron chi connectivity index (χ1n) is 10.9. The highest BCUT2D eigenvalue weighted by Crippen LogP contribution is 2.23.